The van der Waals surface area contributed by atoms with Gasteiger partial charge in [-0.3, -0.25) is 20.4 Å². The van der Waals surface area contributed by atoms with Crippen molar-refractivity contribution in [1.82, 2.24) is 10.9 Å². The van der Waals surface area contributed by atoms with Gasteiger partial charge < -0.3 is 14.2 Å². The van der Waals surface area contributed by atoms with Gasteiger partial charge in [0.05, 0.1) is 0 Å². The van der Waals surface area contributed by atoms with Crippen LogP contribution in [-0.4, -0.2) is 30.1 Å². The maximum absolute atomic E-state index is 13.6. The fourth-order valence-corrected chi connectivity index (χ4v) is 2.90. The Morgan fingerprint density at radius 2 is 1.86 bits per heavy atom. The molecule has 0 unspecified atom stereocenters. The predicted molar refractivity (Wildman–Crippen MR) is 103 cm³/mol. The van der Waals surface area contributed by atoms with Crippen LogP contribution < -0.4 is 25.1 Å². The lowest BCUT2D eigenvalue weighted by atomic mass is 10.0. The number of benzene rings is 2. The third-order valence-electron chi connectivity index (χ3n) is 4.25. The highest BCUT2D eigenvalue weighted by Crippen LogP contribution is 2.41. The zero-order valence-corrected chi connectivity index (χ0v) is 16.5. The Hall–Kier alpha value is -3.29. The van der Waals surface area contributed by atoms with E-state index in [2.05, 4.69) is 10.9 Å². The second kappa shape index (κ2) is 8.38. The van der Waals surface area contributed by atoms with Crippen LogP contribution in [-0.2, 0) is 16.0 Å². The van der Waals surface area contributed by atoms with Gasteiger partial charge in [0.2, 0.25) is 0 Å². The molecule has 0 fully saturated rings. The summed E-state index contributed by atoms with van der Waals surface area (Å²) in [4.78, 5) is 24.0. The van der Waals surface area contributed by atoms with E-state index in [1.54, 1.807) is 12.1 Å². The molecule has 0 spiro atoms. The number of carbonyl (C=O) groups excluding carboxylic acids is 2. The average Bonchev–Trinajstić information content (AvgIpc) is 3.00. The molecule has 2 aromatic carbocycles. The van der Waals surface area contributed by atoms with E-state index in [1.165, 1.54) is 25.1 Å². The zero-order valence-electron chi connectivity index (χ0n) is 16.5. The first-order valence-electron chi connectivity index (χ1n) is 9.19. The topological polar surface area (TPSA) is 85.9 Å². The number of nitrogens with one attached hydrogen (secondary N) is 2. The third kappa shape index (κ3) is 5.16. The quantitative estimate of drug-likeness (QED) is 0.726. The van der Waals surface area contributed by atoms with Crippen molar-refractivity contribution in [3.63, 3.8) is 0 Å². The fraction of sp³-hybridized carbons (Fsp3) is 0.333. The normalized spacial score (nSPS) is 14.9. The Morgan fingerprint density at radius 3 is 2.62 bits per heavy atom. The molecule has 1 heterocycles. The average molecular weight is 402 g/mol. The second-order valence-corrected chi connectivity index (χ2v) is 7.30. The van der Waals surface area contributed by atoms with Crippen LogP contribution in [0, 0.1) is 5.82 Å². The number of fused-ring (bicyclic) bond motifs is 1. The summed E-state index contributed by atoms with van der Waals surface area (Å²) >= 11 is 0. The van der Waals surface area contributed by atoms with E-state index in [0.717, 1.165) is 12.0 Å². The number of hydrazine groups is 1. The van der Waals surface area contributed by atoms with Crippen LogP contribution >= 0.6 is 0 Å². The Labute approximate surface area is 168 Å². The minimum atomic E-state index is -1.01. The standard InChI is InChI=1S/C21H23FN2O5/c1-13(28-16-9-5-4-8-15(16)22)20(26)24-23-18(25)12-27-17-10-6-7-14-11-21(2,3)29-19(14)17/h4-10,13H,11-12H2,1-3H3,(H,23,25)(H,24,26)/t13-/m1/s1. The first kappa shape index (κ1) is 20.4. The predicted octanol–water partition coefficient (Wildman–Crippen LogP) is 2.53. The molecule has 0 radical (unpaired) electrons. The molecule has 1 aliphatic rings. The fourth-order valence-electron chi connectivity index (χ4n) is 2.90. The molecule has 2 N–H and O–H groups in total. The summed E-state index contributed by atoms with van der Waals surface area (Å²) < 4.78 is 30.2. The van der Waals surface area contributed by atoms with Crippen LogP contribution in [0.15, 0.2) is 42.5 Å². The van der Waals surface area contributed by atoms with E-state index < -0.39 is 23.7 Å². The van der Waals surface area contributed by atoms with Gasteiger partial charge in [-0.1, -0.05) is 24.3 Å². The van der Waals surface area contributed by atoms with Crippen molar-refractivity contribution in [2.45, 2.75) is 38.9 Å². The van der Waals surface area contributed by atoms with Gasteiger partial charge in [-0.25, -0.2) is 4.39 Å². The summed E-state index contributed by atoms with van der Waals surface area (Å²) in [6, 6.07) is 11.2. The summed E-state index contributed by atoms with van der Waals surface area (Å²) in [5.74, 6) is -0.735. The van der Waals surface area contributed by atoms with Gasteiger partial charge in [0, 0.05) is 12.0 Å². The molecule has 29 heavy (non-hydrogen) atoms. The Bertz CT molecular complexity index is 916. The largest absolute Gasteiger partial charge is 0.483 e. The zero-order chi connectivity index (χ0) is 21.0. The number of carbonyl (C=O) groups is 2. The van der Waals surface area contributed by atoms with Gasteiger partial charge in [-0.2, -0.15) is 0 Å². The molecule has 0 aromatic heterocycles. The van der Waals surface area contributed by atoms with E-state index in [4.69, 9.17) is 14.2 Å². The lowest BCUT2D eigenvalue weighted by molar-refractivity contribution is -0.133. The Morgan fingerprint density at radius 1 is 1.14 bits per heavy atom. The van der Waals surface area contributed by atoms with Crippen LogP contribution in [0.2, 0.25) is 0 Å². The molecule has 1 aliphatic heterocycles. The molecule has 0 saturated carbocycles. The van der Waals surface area contributed by atoms with Crippen LogP contribution in [0.25, 0.3) is 0 Å². The van der Waals surface area contributed by atoms with E-state index in [-0.39, 0.29) is 18.0 Å². The van der Waals surface area contributed by atoms with Crippen LogP contribution in [0.5, 0.6) is 17.2 Å². The van der Waals surface area contributed by atoms with Crippen molar-refractivity contribution in [3.8, 4) is 17.2 Å². The molecule has 3 rings (SSSR count). The number of halogens is 1. The number of hydrogen-bond donors (Lipinski definition) is 2. The number of rotatable bonds is 6. The van der Waals surface area contributed by atoms with Gasteiger partial charge in [0.1, 0.15) is 5.60 Å². The highest BCUT2D eigenvalue weighted by atomic mass is 19.1. The summed E-state index contributed by atoms with van der Waals surface area (Å²) in [6.45, 7) is 5.08. The van der Waals surface area contributed by atoms with Crippen LogP contribution in [0.4, 0.5) is 4.39 Å². The molecule has 7 nitrogen and oxygen atoms in total. The van der Waals surface area contributed by atoms with E-state index in [9.17, 15) is 14.0 Å². The molecular weight excluding hydrogens is 379 g/mol. The van der Waals surface area contributed by atoms with Crippen molar-refractivity contribution in [3.05, 3.63) is 53.8 Å². The number of hydrogen-bond acceptors (Lipinski definition) is 5. The molecular formula is C21H23FN2O5. The smallest absolute Gasteiger partial charge is 0.279 e. The van der Waals surface area contributed by atoms with E-state index in [0.29, 0.717) is 11.5 Å². The first-order valence-corrected chi connectivity index (χ1v) is 9.19. The molecule has 1 atom stereocenters. The van der Waals surface area contributed by atoms with Crippen LogP contribution in [0.3, 0.4) is 0 Å². The van der Waals surface area contributed by atoms with Gasteiger partial charge in [-0.15, -0.1) is 0 Å². The van der Waals surface area contributed by atoms with Crippen molar-refractivity contribution in [2.24, 2.45) is 0 Å². The molecule has 8 heteroatoms. The maximum Gasteiger partial charge on any atom is 0.279 e. The molecule has 154 valence electrons. The Kier molecular flexibility index (Phi) is 5.91. The first-order chi connectivity index (χ1) is 13.7. The lowest BCUT2D eigenvalue weighted by Gasteiger charge is -2.18. The molecule has 2 aromatic rings. The van der Waals surface area contributed by atoms with Crippen molar-refractivity contribution < 1.29 is 28.2 Å². The Balaban J connectivity index is 1.47. The van der Waals surface area contributed by atoms with Crippen molar-refractivity contribution >= 4 is 11.8 Å². The monoisotopic (exact) mass is 402 g/mol. The van der Waals surface area contributed by atoms with Gasteiger partial charge in [-0.05, 0) is 39.0 Å². The number of ether oxygens (including phenoxy) is 3. The minimum absolute atomic E-state index is 0.0503. The minimum Gasteiger partial charge on any atom is -0.483 e. The number of para-hydroxylation sites is 2. The van der Waals surface area contributed by atoms with Crippen LogP contribution in [0.1, 0.15) is 26.3 Å². The highest BCUT2D eigenvalue weighted by Gasteiger charge is 2.32. The molecule has 2 amide bonds. The van der Waals surface area contributed by atoms with Gasteiger partial charge in [0.25, 0.3) is 11.8 Å². The van der Waals surface area contributed by atoms with E-state index in [1.807, 2.05) is 26.0 Å². The molecule has 0 aliphatic carbocycles. The number of amides is 2. The summed E-state index contributed by atoms with van der Waals surface area (Å²) in [5, 5.41) is 0. The summed E-state index contributed by atoms with van der Waals surface area (Å²) in [6.07, 6.45) is -0.261. The summed E-state index contributed by atoms with van der Waals surface area (Å²) in [7, 11) is 0. The van der Waals surface area contributed by atoms with E-state index >= 15 is 0 Å². The highest BCUT2D eigenvalue weighted by molar-refractivity contribution is 5.85. The van der Waals surface area contributed by atoms with Gasteiger partial charge in [0.15, 0.2) is 35.8 Å². The lowest BCUT2D eigenvalue weighted by Crippen LogP contribution is -2.48. The SMILES string of the molecule is C[C@@H](Oc1ccccc1F)C(=O)NNC(=O)COc1cccc2c1OC(C)(C)C2. The molecule has 0 bridgehead atoms. The van der Waals surface area contributed by atoms with Crippen molar-refractivity contribution in [2.75, 3.05) is 6.61 Å². The van der Waals surface area contributed by atoms with Crippen molar-refractivity contribution in [1.29, 1.82) is 0 Å². The maximum atomic E-state index is 13.6. The molecule has 0 saturated heterocycles. The summed E-state index contributed by atoms with van der Waals surface area (Å²) in [5.41, 5.74) is 5.15. The second-order valence-electron chi connectivity index (χ2n) is 7.30. The third-order valence-corrected chi connectivity index (χ3v) is 4.25. The van der Waals surface area contributed by atoms with Gasteiger partial charge >= 0.3 is 0 Å².